The molecule has 0 spiro atoms. The first-order valence-corrected chi connectivity index (χ1v) is 11.3. The fourth-order valence-corrected chi connectivity index (χ4v) is 4.29. The van der Waals surface area contributed by atoms with Gasteiger partial charge in [-0.15, -0.1) is 24.0 Å². The van der Waals surface area contributed by atoms with Crippen LogP contribution in [0.25, 0.3) is 0 Å². The summed E-state index contributed by atoms with van der Waals surface area (Å²) in [4.78, 5) is 19.0. The molecule has 2 aliphatic rings. The zero-order valence-electron chi connectivity index (χ0n) is 19.0. The molecule has 2 N–H and O–H groups in total. The molecular formula is C22H43IN4O2. The molecule has 0 aromatic rings. The van der Waals surface area contributed by atoms with Crippen LogP contribution in [0.1, 0.15) is 72.6 Å². The number of rotatable bonds is 7. The number of guanidine groups is 1. The van der Waals surface area contributed by atoms with Gasteiger partial charge in [-0.1, -0.05) is 27.2 Å². The number of halogens is 1. The highest BCUT2D eigenvalue weighted by Crippen LogP contribution is 2.34. The Kier molecular flexibility index (Phi) is 12.5. The molecule has 0 aromatic heterocycles. The van der Waals surface area contributed by atoms with Crippen molar-refractivity contribution in [1.82, 2.24) is 15.5 Å². The number of carbonyl (C=O) groups is 1. The monoisotopic (exact) mass is 522 g/mol. The van der Waals surface area contributed by atoms with Crippen molar-refractivity contribution in [3.05, 3.63) is 0 Å². The van der Waals surface area contributed by atoms with Gasteiger partial charge < -0.3 is 20.3 Å². The van der Waals surface area contributed by atoms with Crippen LogP contribution in [-0.4, -0.2) is 62.2 Å². The predicted octanol–water partition coefficient (Wildman–Crippen LogP) is 3.79. The quantitative estimate of drug-likeness (QED) is 0.231. The van der Waals surface area contributed by atoms with Crippen molar-refractivity contribution < 1.29 is 9.53 Å². The van der Waals surface area contributed by atoms with Crippen LogP contribution in [0.4, 0.5) is 0 Å². The van der Waals surface area contributed by atoms with E-state index < -0.39 is 0 Å². The first-order valence-electron chi connectivity index (χ1n) is 11.3. The molecule has 0 aromatic carbocycles. The summed E-state index contributed by atoms with van der Waals surface area (Å²) in [5, 5.41) is 6.79. The predicted molar refractivity (Wildman–Crippen MR) is 131 cm³/mol. The third-order valence-corrected chi connectivity index (χ3v) is 5.70. The van der Waals surface area contributed by atoms with Crippen molar-refractivity contribution in [3.8, 4) is 0 Å². The molecule has 170 valence electrons. The van der Waals surface area contributed by atoms with Crippen molar-refractivity contribution in [2.75, 3.05) is 39.3 Å². The number of nitrogens with one attached hydrogen (secondary N) is 2. The van der Waals surface area contributed by atoms with Crippen molar-refractivity contribution in [3.63, 3.8) is 0 Å². The molecule has 29 heavy (non-hydrogen) atoms. The number of ether oxygens (including phenoxy) is 1. The maximum Gasteiger partial charge on any atom is 0.222 e. The standard InChI is InChI=1S/C22H42N4O2.HI/c1-5-23-21(24-13-10-15-26-14-8-6-7-12-19(26)27)25-17-18-11-9-16-28-20(18)22(2,3)4;/h18,20H,5-17H2,1-4H3,(H2,23,24,25);1H. The minimum absolute atomic E-state index is 0. The second kappa shape index (κ2) is 13.7. The van der Waals surface area contributed by atoms with Gasteiger partial charge in [-0.2, -0.15) is 0 Å². The van der Waals surface area contributed by atoms with Gasteiger partial charge in [0.05, 0.1) is 6.10 Å². The molecule has 6 nitrogen and oxygen atoms in total. The van der Waals surface area contributed by atoms with Gasteiger partial charge >= 0.3 is 0 Å². The van der Waals surface area contributed by atoms with Crippen LogP contribution in [0.5, 0.6) is 0 Å². The van der Waals surface area contributed by atoms with Crippen molar-refractivity contribution in [2.45, 2.75) is 78.7 Å². The minimum Gasteiger partial charge on any atom is -0.377 e. The number of carbonyl (C=O) groups excluding carboxylic acids is 1. The zero-order valence-corrected chi connectivity index (χ0v) is 21.3. The van der Waals surface area contributed by atoms with Gasteiger partial charge in [0.1, 0.15) is 0 Å². The van der Waals surface area contributed by atoms with E-state index in [9.17, 15) is 4.79 Å². The molecule has 0 radical (unpaired) electrons. The summed E-state index contributed by atoms with van der Waals surface area (Å²) in [6.45, 7) is 14.0. The number of amides is 1. The first-order chi connectivity index (χ1) is 13.4. The van der Waals surface area contributed by atoms with Crippen LogP contribution in [0.15, 0.2) is 4.99 Å². The van der Waals surface area contributed by atoms with E-state index in [4.69, 9.17) is 9.73 Å². The van der Waals surface area contributed by atoms with Crippen LogP contribution >= 0.6 is 24.0 Å². The molecule has 2 heterocycles. The van der Waals surface area contributed by atoms with E-state index in [0.29, 0.717) is 11.8 Å². The van der Waals surface area contributed by atoms with E-state index >= 15 is 0 Å². The van der Waals surface area contributed by atoms with Crippen LogP contribution in [-0.2, 0) is 9.53 Å². The molecule has 2 aliphatic heterocycles. The fraction of sp³-hybridized carbons (Fsp3) is 0.909. The molecule has 1 amide bonds. The second-order valence-electron chi connectivity index (χ2n) is 9.25. The van der Waals surface area contributed by atoms with Gasteiger partial charge in [0.2, 0.25) is 5.91 Å². The van der Waals surface area contributed by atoms with Gasteiger partial charge in [-0.25, -0.2) is 0 Å². The molecule has 2 unspecified atom stereocenters. The fourth-order valence-electron chi connectivity index (χ4n) is 4.29. The van der Waals surface area contributed by atoms with Crippen LogP contribution < -0.4 is 10.6 Å². The van der Waals surface area contributed by atoms with Crippen LogP contribution in [0.3, 0.4) is 0 Å². The average Bonchev–Trinajstić information content (AvgIpc) is 2.87. The van der Waals surface area contributed by atoms with Gasteiger partial charge in [0.25, 0.3) is 0 Å². The van der Waals surface area contributed by atoms with E-state index in [1.165, 1.54) is 12.8 Å². The van der Waals surface area contributed by atoms with E-state index in [0.717, 1.165) is 77.4 Å². The number of nitrogens with zero attached hydrogens (tertiary/aromatic N) is 2. The highest BCUT2D eigenvalue weighted by atomic mass is 127. The van der Waals surface area contributed by atoms with Crippen LogP contribution in [0.2, 0.25) is 0 Å². The van der Waals surface area contributed by atoms with E-state index in [2.05, 4.69) is 38.3 Å². The maximum absolute atomic E-state index is 12.1. The normalized spacial score (nSPS) is 23.9. The highest BCUT2D eigenvalue weighted by Gasteiger charge is 2.35. The Hall–Kier alpha value is -0.570. The molecule has 2 fully saturated rings. The number of aliphatic imine (C=N–C) groups is 1. The Labute approximate surface area is 195 Å². The average molecular weight is 523 g/mol. The van der Waals surface area contributed by atoms with Gasteiger partial charge in [-0.3, -0.25) is 9.79 Å². The number of hydrogen-bond donors (Lipinski definition) is 2. The largest absolute Gasteiger partial charge is 0.377 e. The van der Waals surface area contributed by atoms with Crippen molar-refractivity contribution in [2.24, 2.45) is 16.3 Å². The Bertz CT molecular complexity index is 508. The Morgan fingerprint density at radius 2 is 2.00 bits per heavy atom. The van der Waals surface area contributed by atoms with Crippen molar-refractivity contribution in [1.29, 1.82) is 0 Å². The lowest BCUT2D eigenvalue weighted by molar-refractivity contribution is -0.130. The van der Waals surface area contributed by atoms with E-state index in [1.54, 1.807) is 0 Å². The zero-order chi connectivity index (χ0) is 20.4. The SMILES string of the molecule is CCNC(=NCC1CCCOC1C(C)(C)C)NCCCN1CCCCCC1=O.I. The Morgan fingerprint density at radius 3 is 2.72 bits per heavy atom. The lowest BCUT2D eigenvalue weighted by Gasteiger charge is -2.39. The molecular weight excluding hydrogens is 479 g/mol. The van der Waals surface area contributed by atoms with E-state index in [1.807, 2.05) is 4.90 Å². The molecule has 2 atom stereocenters. The van der Waals surface area contributed by atoms with E-state index in [-0.39, 0.29) is 35.5 Å². The summed E-state index contributed by atoms with van der Waals surface area (Å²) in [5.41, 5.74) is 0.145. The van der Waals surface area contributed by atoms with Crippen molar-refractivity contribution >= 4 is 35.8 Å². The summed E-state index contributed by atoms with van der Waals surface area (Å²) < 4.78 is 6.09. The molecule has 0 saturated carbocycles. The molecule has 2 saturated heterocycles. The molecule has 0 aliphatic carbocycles. The van der Waals surface area contributed by atoms with Gasteiger partial charge in [0.15, 0.2) is 5.96 Å². The molecule has 0 bridgehead atoms. The first kappa shape index (κ1) is 26.5. The van der Waals surface area contributed by atoms with Gasteiger partial charge in [0, 0.05) is 51.7 Å². The maximum atomic E-state index is 12.1. The Morgan fingerprint density at radius 1 is 1.21 bits per heavy atom. The number of hydrogen-bond acceptors (Lipinski definition) is 3. The topological polar surface area (TPSA) is 66.0 Å². The summed E-state index contributed by atoms with van der Waals surface area (Å²) >= 11 is 0. The third kappa shape index (κ3) is 9.40. The summed E-state index contributed by atoms with van der Waals surface area (Å²) in [5.74, 6) is 1.67. The molecule has 2 rings (SSSR count). The smallest absolute Gasteiger partial charge is 0.222 e. The number of likely N-dealkylation sites (tertiary alicyclic amines) is 1. The lowest BCUT2D eigenvalue weighted by atomic mass is 9.78. The van der Waals surface area contributed by atoms with Crippen LogP contribution in [0, 0.1) is 11.3 Å². The highest BCUT2D eigenvalue weighted by molar-refractivity contribution is 14.0. The van der Waals surface area contributed by atoms with Gasteiger partial charge in [-0.05, 0) is 44.4 Å². The summed E-state index contributed by atoms with van der Waals surface area (Å²) in [7, 11) is 0. The minimum atomic E-state index is 0. The Balaban J connectivity index is 0.00000420. The summed E-state index contributed by atoms with van der Waals surface area (Å²) in [6, 6.07) is 0. The molecule has 7 heteroatoms. The third-order valence-electron chi connectivity index (χ3n) is 5.70. The lowest BCUT2D eigenvalue weighted by Crippen LogP contribution is -2.43. The summed E-state index contributed by atoms with van der Waals surface area (Å²) in [6.07, 6.45) is 7.61. The second-order valence-corrected chi connectivity index (χ2v) is 9.25.